The molecule has 6 nitrogen and oxygen atoms in total. The molecule has 5 rings (SSSR count). The molecule has 0 bridgehead atoms. The van der Waals surface area contributed by atoms with Gasteiger partial charge in [-0.3, -0.25) is 0 Å². The van der Waals surface area contributed by atoms with Crippen molar-refractivity contribution in [1.29, 1.82) is 0 Å². The second kappa shape index (κ2) is 10.9. The van der Waals surface area contributed by atoms with Gasteiger partial charge < -0.3 is 14.6 Å². The van der Waals surface area contributed by atoms with Crippen LogP contribution in [0.15, 0.2) is 36.4 Å². The number of fused-ring (bicyclic) bond motifs is 2. The van der Waals surface area contributed by atoms with Crippen LogP contribution in [0.3, 0.4) is 0 Å². The predicted octanol–water partition coefficient (Wildman–Crippen LogP) is 6.82. The zero-order valence-corrected chi connectivity index (χ0v) is 21.9. The van der Waals surface area contributed by atoms with Gasteiger partial charge in [0.15, 0.2) is 0 Å². The van der Waals surface area contributed by atoms with Crippen LogP contribution < -0.4 is 9.64 Å². The first-order valence-electron chi connectivity index (χ1n) is 12.8. The smallest absolute Gasteiger partial charge is 0.136 e. The summed E-state index contributed by atoms with van der Waals surface area (Å²) in [6, 6.07) is 12.9. The molecule has 186 valence electrons. The van der Waals surface area contributed by atoms with E-state index in [-0.39, 0.29) is 1.43 Å². The molecule has 6 heteroatoms. The Morgan fingerprint density at radius 3 is 2.43 bits per heavy atom. The summed E-state index contributed by atoms with van der Waals surface area (Å²) in [4.78, 5) is 19.8. The van der Waals surface area contributed by atoms with Gasteiger partial charge in [0.1, 0.15) is 29.8 Å². The molecule has 35 heavy (non-hydrogen) atoms. The number of ether oxygens (including phenoxy) is 1. The number of hydrogen-bond donors (Lipinski definition) is 1. The highest BCUT2D eigenvalue weighted by molar-refractivity contribution is 5.82. The van der Waals surface area contributed by atoms with E-state index in [4.69, 9.17) is 9.72 Å². The molecule has 0 unspecified atom stereocenters. The van der Waals surface area contributed by atoms with Crippen LogP contribution in [0.2, 0.25) is 0 Å². The van der Waals surface area contributed by atoms with Crippen LogP contribution in [0.5, 0.6) is 5.75 Å². The molecule has 3 heterocycles. The Morgan fingerprint density at radius 1 is 0.943 bits per heavy atom. The summed E-state index contributed by atoms with van der Waals surface area (Å²) in [5, 5.41) is 0. The average molecular weight is 474 g/mol. The summed E-state index contributed by atoms with van der Waals surface area (Å²) < 4.78 is 6.12. The fraction of sp³-hybridized carbons (Fsp3) is 0.414. The lowest BCUT2D eigenvalue weighted by molar-refractivity contribution is 0.331. The molecule has 0 saturated heterocycles. The first-order chi connectivity index (χ1) is 17.0. The van der Waals surface area contributed by atoms with Crippen molar-refractivity contribution in [3.8, 4) is 16.9 Å². The van der Waals surface area contributed by atoms with Crippen molar-refractivity contribution < 1.29 is 6.16 Å². The van der Waals surface area contributed by atoms with E-state index in [0.717, 1.165) is 65.9 Å². The van der Waals surface area contributed by atoms with Crippen molar-refractivity contribution in [3.05, 3.63) is 64.9 Å². The Bertz CT molecular complexity index is 1320. The summed E-state index contributed by atoms with van der Waals surface area (Å²) in [5.74, 6) is 3.83. The summed E-state index contributed by atoms with van der Waals surface area (Å²) in [5.41, 5.74) is 7.88. The summed E-state index contributed by atoms with van der Waals surface area (Å²) >= 11 is 0. The molecular formula is C29H39N5O. The van der Waals surface area contributed by atoms with E-state index in [1.54, 1.807) is 0 Å². The summed E-state index contributed by atoms with van der Waals surface area (Å²) in [6.07, 6.45) is 3.00. The van der Waals surface area contributed by atoms with Crippen LogP contribution in [0.4, 0.5) is 5.82 Å². The van der Waals surface area contributed by atoms with E-state index < -0.39 is 0 Å². The maximum atomic E-state index is 6.12. The van der Waals surface area contributed by atoms with Gasteiger partial charge in [-0.2, -0.15) is 0 Å². The Morgan fingerprint density at radius 2 is 1.69 bits per heavy atom. The van der Waals surface area contributed by atoms with Gasteiger partial charge in [-0.15, -0.1) is 0 Å². The molecule has 0 radical (unpaired) electrons. The highest BCUT2D eigenvalue weighted by Gasteiger charge is 2.21. The lowest BCUT2D eigenvalue weighted by Crippen LogP contribution is -2.28. The lowest BCUT2D eigenvalue weighted by Gasteiger charge is -2.25. The van der Waals surface area contributed by atoms with Crippen molar-refractivity contribution in [2.24, 2.45) is 0 Å². The second-order valence-electron chi connectivity index (χ2n) is 9.09. The zero-order valence-electron chi connectivity index (χ0n) is 21.9. The third kappa shape index (κ3) is 5.31. The molecular weight excluding hydrogens is 434 g/mol. The molecule has 0 amide bonds. The molecule has 0 spiro atoms. The molecule has 1 N–H and O–H groups in total. The van der Waals surface area contributed by atoms with Crippen LogP contribution in [0.25, 0.3) is 22.2 Å². The Balaban J connectivity index is 0.000000861. The molecule has 1 aliphatic rings. The number of benzene rings is 2. The Hall–Kier alpha value is -3.41. The Labute approximate surface area is 210 Å². The number of hydrogen-bond acceptors (Lipinski definition) is 5. The maximum Gasteiger partial charge on any atom is 0.136 e. The van der Waals surface area contributed by atoms with Gasteiger partial charge >= 0.3 is 0 Å². The van der Waals surface area contributed by atoms with Gasteiger partial charge in [0.2, 0.25) is 0 Å². The number of nitrogens with one attached hydrogen (secondary N) is 1. The minimum Gasteiger partial charge on any atom is -0.491 e. The van der Waals surface area contributed by atoms with Gasteiger partial charge in [0, 0.05) is 31.2 Å². The SMILES string of the molecule is CCC.CCc1nc(C)c(CC)c(N2CCOc3ccc(-c4ccc5nc(C)[nH]c5c4)cc3C2)n1.[HH]. The average Bonchev–Trinajstić information content (AvgIpc) is 3.09. The van der Waals surface area contributed by atoms with Gasteiger partial charge in [-0.25, -0.2) is 15.0 Å². The lowest BCUT2D eigenvalue weighted by atomic mass is 10.0. The molecule has 1 aliphatic heterocycles. The van der Waals surface area contributed by atoms with Crippen molar-refractivity contribution >= 4 is 16.9 Å². The van der Waals surface area contributed by atoms with Gasteiger partial charge in [-0.1, -0.05) is 46.2 Å². The van der Waals surface area contributed by atoms with Gasteiger partial charge in [0.25, 0.3) is 0 Å². The predicted molar refractivity (Wildman–Crippen MR) is 146 cm³/mol. The van der Waals surface area contributed by atoms with Crippen molar-refractivity contribution in [3.63, 3.8) is 0 Å². The van der Waals surface area contributed by atoms with E-state index >= 15 is 0 Å². The Kier molecular flexibility index (Phi) is 7.69. The first kappa shape index (κ1) is 24.7. The van der Waals surface area contributed by atoms with Crippen molar-refractivity contribution in [2.75, 3.05) is 18.1 Å². The molecule has 2 aromatic carbocycles. The number of anilines is 1. The number of imidazole rings is 1. The third-order valence-corrected chi connectivity index (χ3v) is 6.18. The van der Waals surface area contributed by atoms with Crippen LogP contribution in [-0.2, 0) is 19.4 Å². The van der Waals surface area contributed by atoms with Crippen LogP contribution in [-0.4, -0.2) is 33.1 Å². The molecule has 0 atom stereocenters. The third-order valence-electron chi connectivity index (χ3n) is 6.18. The van der Waals surface area contributed by atoms with E-state index in [1.807, 2.05) is 6.92 Å². The number of rotatable bonds is 4. The number of aromatic amines is 1. The van der Waals surface area contributed by atoms with Crippen LogP contribution in [0, 0.1) is 13.8 Å². The summed E-state index contributed by atoms with van der Waals surface area (Å²) in [6.45, 7) is 14.8. The fourth-order valence-electron chi connectivity index (χ4n) is 4.54. The number of aryl methyl sites for hydroxylation is 3. The van der Waals surface area contributed by atoms with Crippen molar-refractivity contribution in [2.45, 2.75) is 67.3 Å². The largest absolute Gasteiger partial charge is 0.491 e. The molecule has 4 aromatic rings. The van der Waals surface area contributed by atoms with Crippen LogP contribution in [0.1, 0.15) is 64.0 Å². The minimum atomic E-state index is 0. The first-order valence-corrected chi connectivity index (χ1v) is 12.8. The summed E-state index contributed by atoms with van der Waals surface area (Å²) in [7, 11) is 0. The number of aromatic nitrogens is 4. The number of H-pyrrole nitrogens is 1. The molecule has 0 saturated carbocycles. The number of nitrogens with zero attached hydrogens (tertiary/aromatic N) is 4. The van der Waals surface area contributed by atoms with E-state index in [0.29, 0.717) is 6.61 Å². The quantitative estimate of drug-likeness (QED) is 0.352. The molecule has 0 aliphatic carbocycles. The molecule has 2 aromatic heterocycles. The highest BCUT2D eigenvalue weighted by Crippen LogP contribution is 2.33. The normalized spacial score (nSPS) is 13.0. The van der Waals surface area contributed by atoms with Crippen molar-refractivity contribution in [1.82, 2.24) is 19.9 Å². The second-order valence-corrected chi connectivity index (χ2v) is 9.09. The topological polar surface area (TPSA) is 66.9 Å². The highest BCUT2D eigenvalue weighted by atomic mass is 16.5. The van der Waals surface area contributed by atoms with E-state index in [1.165, 1.54) is 28.7 Å². The zero-order chi connectivity index (χ0) is 24.9. The van der Waals surface area contributed by atoms with Gasteiger partial charge in [0.05, 0.1) is 17.6 Å². The standard InChI is InChI=1S/C26H29N5O.C3H8.H2/c1-5-21-16(3)27-25(6-2)30-26(21)31-11-12-32-24-10-8-18(13-20(24)15-31)19-7-9-22-23(14-19)29-17(4)28-22;1-3-2;/h7-10,13-14H,5-6,11-12,15H2,1-4H3,(H,28,29);3H2,1-2H3;1H. The monoisotopic (exact) mass is 473 g/mol. The van der Waals surface area contributed by atoms with E-state index in [9.17, 15) is 0 Å². The van der Waals surface area contributed by atoms with E-state index in [2.05, 4.69) is 90.9 Å². The minimum absolute atomic E-state index is 0. The van der Waals surface area contributed by atoms with Crippen LogP contribution >= 0.6 is 0 Å². The van der Waals surface area contributed by atoms with Gasteiger partial charge in [-0.05, 0) is 55.7 Å². The fourth-order valence-corrected chi connectivity index (χ4v) is 4.54. The molecule has 0 fully saturated rings. The maximum absolute atomic E-state index is 6.12.